The van der Waals surface area contributed by atoms with Crippen molar-refractivity contribution in [1.82, 2.24) is 0 Å². The Balaban J connectivity index is 1.56. The predicted molar refractivity (Wildman–Crippen MR) is 143 cm³/mol. The maximum atomic E-state index is 12.2. The summed E-state index contributed by atoms with van der Waals surface area (Å²) in [4.78, 5) is 24.0. The van der Waals surface area contributed by atoms with Crippen molar-refractivity contribution in [2.24, 2.45) is 45.3 Å². The molecule has 4 rings (SSSR count). The van der Waals surface area contributed by atoms with Crippen LogP contribution in [0.4, 0.5) is 0 Å². The van der Waals surface area contributed by atoms with Crippen LogP contribution in [0.2, 0.25) is 0 Å². The molecule has 0 bridgehead atoms. The fourth-order valence-corrected chi connectivity index (χ4v) is 10.3. The van der Waals surface area contributed by atoms with Gasteiger partial charge in [0.15, 0.2) is 5.78 Å². The second-order valence-electron chi connectivity index (χ2n) is 14.1. The van der Waals surface area contributed by atoms with Gasteiger partial charge in [-0.3, -0.25) is 9.59 Å². The molecule has 4 fully saturated rings. The van der Waals surface area contributed by atoms with Gasteiger partial charge in [0, 0.05) is 18.8 Å². The molecular weight excluding hydrogens is 432 g/mol. The zero-order valence-electron chi connectivity index (χ0n) is 23.6. The van der Waals surface area contributed by atoms with E-state index in [4.69, 9.17) is 4.74 Å². The first-order chi connectivity index (χ1) is 16.2. The van der Waals surface area contributed by atoms with Gasteiger partial charge in [0.1, 0.15) is 6.10 Å². The molecule has 0 aromatic rings. The van der Waals surface area contributed by atoms with Crippen LogP contribution in [0.5, 0.6) is 0 Å². The van der Waals surface area contributed by atoms with Gasteiger partial charge in [-0.05, 0) is 110 Å². The van der Waals surface area contributed by atoms with Crippen molar-refractivity contribution in [3.63, 3.8) is 0 Å². The Bertz CT molecular complexity index is 914. The molecule has 35 heavy (non-hydrogen) atoms. The molecule has 0 unspecified atom stereocenters. The SMILES string of the molecule is C=C(C)C(=O)CCC(=C)[C@H]1CC[C@]2(C)[C@@H]1CC[C@@H]1[C@@]3(C)CC[C@H](OC(C)=O)C(C)(C)[C@@H]3CC[C@]12C. The number of ketones is 1. The number of esters is 1. The Morgan fingerprint density at radius 2 is 1.46 bits per heavy atom. The molecule has 3 heteroatoms. The van der Waals surface area contributed by atoms with Crippen molar-refractivity contribution >= 4 is 11.8 Å². The number of hydrogen-bond acceptors (Lipinski definition) is 3. The lowest BCUT2D eigenvalue weighted by Crippen LogP contribution is -2.64. The zero-order chi connectivity index (χ0) is 26.0. The molecule has 0 aliphatic heterocycles. The molecule has 4 aliphatic carbocycles. The molecule has 4 saturated carbocycles. The molecule has 3 nitrogen and oxygen atoms in total. The van der Waals surface area contributed by atoms with Gasteiger partial charge < -0.3 is 4.74 Å². The molecule has 0 heterocycles. The van der Waals surface area contributed by atoms with E-state index in [2.05, 4.69) is 47.8 Å². The molecule has 0 amide bonds. The minimum absolute atomic E-state index is 0.0140. The van der Waals surface area contributed by atoms with E-state index in [1.807, 2.05) is 6.92 Å². The number of rotatable bonds is 6. The molecule has 0 radical (unpaired) electrons. The molecular formula is C32H50O3. The van der Waals surface area contributed by atoms with Crippen LogP contribution in [0.3, 0.4) is 0 Å². The lowest BCUT2D eigenvalue weighted by Gasteiger charge is -2.70. The number of ether oxygens (including phenoxy) is 1. The third kappa shape index (κ3) is 3.98. The average Bonchev–Trinajstić information content (AvgIpc) is 3.12. The maximum Gasteiger partial charge on any atom is 0.302 e. The number of carbonyl (C=O) groups is 2. The van der Waals surface area contributed by atoms with E-state index in [-0.39, 0.29) is 23.3 Å². The largest absolute Gasteiger partial charge is 0.462 e. The predicted octanol–water partition coefficient (Wildman–Crippen LogP) is 8.08. The van der Waals surface area contributed by atoms with Gasteiger partial charge >= 0.3 is 5.97 Å². The Morgan fingerprint density at radius 3 is 2.09 bits per heavy atom. The number of hydrogen-bond donors (Lipinski definition) is 0. The van der Waals surface area contributed by atoms with Gasteiger partial charge in [-0.25, -0.2) is 0 Å². The monoisotopic (exact) mass is 482 g/mol. The summed E-state index contributed by atoms with van der Waals surface area (Å²) in [5, 5.41) is 0. The Labute approximate surface area is 214 Å². The zero-order valence-corrected chi connectivity index (χ0v) is 23.6. The molecule has 0 spiro atoms. The van der Waals surface area contributed by atoms with Crippen LogP contribution in [-0.4, -0.2) is 17.9 Å². The number of allylic oxidation sites excluding steroid dienone is 2. The van der Waals surface area contributed by atoms with E-state index in [1.54, 1.807) is 6.92 Å². The number of carbonyl (C=O) groups excluding carboxylic acids is 2. The van der Waals surface area contributed by atoms with E-state index in [0.717, 1.165) is 12.8 Å². The van der Waals surface area contributed by atoms with E-state index in [9.17, 15) is 9.59 Å². The highest BCUT2D eigenvalue weighted by atomic mass is 16.5. The molecule has 4 aliphatic rings. The fourth-order valence-electron chi connectivity index (χ4n) is 10.3. The quantitative estimate of drug-likeness (QED) is 0.218. The molecule has 196 valence electrons. The van der Waals surface area contributed by atoms with E-state index in [1.165, 1.54) is 50.5 Å². The van der Waals surface area contributed by atoms with Crippen LogP contribution >= 0.6 is 0 Å². The van der Waals surface area contributed by atoms with Crippen LogP contribution in [0.15, 0.2) is 24.3 Å². The molecule has 0 aromatic carbocycles. The number of fused-ring (bicyclic) bond motifs is 5. The van der Waals surface area contributed by atoms with Gasteiger partial charge in [-0.2, -0.15) is 0 Å². The van der Waals surface area contributed by atoms with Crippen molar-refractivity contribution < 1.29 is 14.3 Å². The second kappa shape index (κ2) is 8.88. The molecule has 0 N–H and O–H groups in total. The summed E-state index contributed by atoms with van der Waals surface area (Å²) in [5.74, 6) is 2.58. The first kappa shape index (κ1) is 26.7. The summed E-state index contributed by atoms with van der Waals surface area (Å²) in [6, 6.07) is 0. The summed E-state index contributed by atoms with van der Waals surface area (Å²) >= 11 is 0. The topological polar surface area (TPSA) is 43.4 Å². The second-order valence-corrected chi connectivity index (χ2v) is 14.1. The standard InChI is InChI=1S/C32H50O3/c1-20(2)25(34)12-10-21(3)23-14-18-31(8)24(23)11-13-27-30(7)17-16-28(35-22(4)33)29(5,6)26(30)15-19-32(27,31)9/h23-24,26-28H,1,3,10-19H2,2,4-9H3/t23-,24-,26+,27-,28+,30+,31-,32-/m1/s1. The average molecular weight is 483 g/mol. The molecule has 0 saturated heterocycles. The normalized spacial score (nSPS) is 43.9. The highest BCUT2D eigenvalue weighted by Gasteiger charge is 2.68. The highest BCUT2D eigenvalue weighted by Crippen LogP contribution is 2.75. The highest BCUT2D eigenvalue weighted by molar-refractivity contribution is 5.94. The Hall–Kier alpha value is -1.38. The van der Waals surface area contributed by atoms with E-state index < -0.39 is 0 Å². The minimum atomic E-state index is -0.137. The van der Waals surface area contributed by atoms with Crippen LogP contribution < -0.4 is 0 Å². The first-order valence-corrected chi connectivity index (χ1v) is 14.2. The van der Waals surface area contributed by atoms with Crippen molar-refractivity contribution in [1.29, 1.82) is 0 Å². The third-order valence-corrected chi connectivity index (χ3v) is 12.3. The summed E-state index contributed by atoms with van der Waals surface area (Å²) in [7, 11) is 0. The first-order valence-electron chi connectivity index (χ1n) is 14.2. The van der Waals surface area contributed by atoms with Gasteiger partial charge in [0.2, 0.25) is 0 Å². The summed E-state index contributed by atoms with van der Waals surface area (Å²) < 4.78 is 5.87. The maximum absolute atomic E-state index is 12.2. The van der Waals surface area contributed by atoms with Crippen LogP contribution in [0, 0.1) is 45.3 Å². The van der Waals surface area contributed by atoms with Crippen molar-refractivity contribution in [3.8, 4) is 0 Å². The van der Waals surface area contributed by atoms with Gasteiger partial charge in [-0.1, -0.05) is 53.3 Å². The fraction of sp³-hybridized carbons (Fsp3) is 0.812. The van der Waals surface area contributed by atoms with Gasteiger partial charge in [0.05, 0.1) is 0 Å². The van der Waals surface area contributed by atoms with Crippen LogP contribution in [0.1, 0.15) is 113 Å². The van der Waals surface area contributed by atoms with Gasteiger partial charge in [-0.15, -0.1) is 0 Å². The lowest BCUT2D eigenvalue weighted by molar-refractivity contribution is -0.226. The van der Waals surface area contributed by atoms with Crippen LogP contribution in [0.25, 0.3) is 0 Å². The summed E-state index contributed by atoms with van der Waals surface area (Å²) in [5.41, 5.74) is 2.93. The van der Waals surface area contributed by atoms with Crippen LogP contribution in [-0.2, 0) is 14.3 Å². The smallest absolute Gasteiger partial charge is 0.302 e. The molecule has 0 aromatic heterocycles. The summed E-state index contributed by atoms with van der Waals surface area (Å²) in [6.45, 7) is 24.3. The van der Waals surface area contributed by atoms with Crippen molar-refractivity contribution in [2.45, 2.75) is 119 Å². The third-order valence-electron chi connectivity index (χ3n) is 12.3. The number of Topliss-reactive ketones (excluding diaryl/α,β-unsaturated/α-hetero) is 1. The van der Waals surface area contributed by atoms with E-state index in [0.29, 0.717) is 51.9 Å². The van der Waals surface area contributed by atoms with Crippen molar-refractivity contribution in [2.75, 3.05) is 0 Å². The Morgan fingerprint density at radius 1 is 0.800 bits per heavy atom. The van der Waals surface area contributed by atoms with Crippen molar-refractivity contribution in [3.05, 3.63) is 24.3 Å². The van der Waals surface area contributed by atoms with E-state index >= 15 is 0 Å². The Kier molecular flexibility index (Phi) is 6.76. The van der Waals surface area contributed by atoms with Gasteiger partial charge in [0.25, 0.3) is 0 Å². The molecule has 8 atom stereocenters. The lowest BCUT2D eigenvalue weighted by atomic mass is 9.35. The minimum Gasteiger partial charge on any atom is -0.462 e. The summed E-state index contributed by atoms with van der Waals surface area (Å²) in [6.07, 6.45) is 11.2.